The Hall–Kier alpha value is -1.06. The van der Waals surface area contributed by atoms with Crippen LogP contribution in [0, 0.1) is 0 Å². The van der Waals surface area contributed by atoms with E-state index in [1.807, 2.05) is 11.3 Å². The van der Waals surface area contributed by atoms with Crippen LogP contribution < -0.4 is 5.73 Å². The first kappa shape index (κ1) is 11.1. The van der Waals surface area contributed by atoms with Gasteiger partial charge in [0, 0.05) is 23.3 Å². The predicted molar refractivity (Wildman–Crippen MR) is 72.3 cm³/mol. The number of aromatic nitrogens is 1. The summed E-state index contributed by atoms with van der Waals surface area (Å²) in [6, 6.07) is 4.55. The first-order valence-corrected chi connectivity index (χ1v) is 7.17. The zero-order valence-corrected chi connectivity index (χ0v) is 10.7. The van der Waals surface area contributed by atoms with Gasteiger partial charge >= 0.3 is 0 Å². The maximum Gasteiger partial charge on any atom is 0.0563 e. The minimum atomic E-state index is 0.247. The van der Waals surface area contributed by atoms with E-state index in [1.54, 1.807) is 0 Å². The summed E-state index contributed by atoms with van der Waals surface area (Å²) in [6.45, 7) is 0.984. The SMILES string of the molecule is NC1CCCCc2cn(Cc3cccs3)cc21. The van der Waals surface area contributed by atoms with Gasteiger partial charge in [-0.1, -0.05) is 12.5 Å². The van der Waals surface area contributed by atoms with E-state index in [4.69, 9.17) is 5.73 Å². The van der Waals surface area contributed by atoms with Crippen molar-refractivity contribution in [1.82, 2.24) is 4.57 Å². The third-order valence-corrected chi connectivity index (χ3v) is 4.39. The van der Waals surface area contributed by atoms with Crippen molar-refractivity contribution >= 4 is 11.3 Å². The van der Waals surface area contributed by atoms with Crippen LogP contribution in [0.2, 0.25) is 0 Å². The lowest BCUT2D eigenvalue weighted by Gasteiger charge is -2.07. The minimum Gasteiger partial charge on any atom is -0.348 e. The largest absolute Gasteiger partial charge is 0.348 e. The molecule has 2 aromatic heterocycles. The van der Waals surface area contributed by atoms with Gasteiger partial charge in [-0.3, -0.25) is 0 Å². The lowest BCUT2D eigenvalue weighted by Crippen LogP contribution is -2.09. The van der Waals surface area contributed by atoms with E-state index in [1.165, 1.54) is 35.3 Å². The fourth-order valence-electron chi connectivity index (χ4n) is 2.63. The van der Waals surface area contributed by atoms with Crippen LogP contribution in [0.5, 0.6) is 0 Å². The Morgan fingerprint density at radius 3 is 3.12 bits per heavy atom. The maximum atomic E-state index is 6.22. The van der Waals surface area contributed by atoms with Crippen LogP contribution in [-0.4, -0.2) is 4.57 Å². The molecule has 3 rings (SSSR count). The van der Waals surface area contributed by atoms with E-state index in [-0.39, 0.29) is 6.04 Å². The highest BCUT2D eigenvalue weighted by Gasteiger charge is 2.17. The van der Waals surface area contributed by atoms with E-state index < -0.39 is 0 Å². The molecular formula is C14H18N2S. The summed E-state index contributed by atoms with van der Waals surface area (Å²) < 4.78 is 2.29. The number of aryl methyl sites for hydroxylation is 1. The quantitative estimate of drug-likeness (QED) is 0.810. The topological polar surface area (TPSA) is 30.9 Å². The molecule has 0 amide bonds. The summed E-state index contributed by atoms with van der Waals surface area (Å²) in [5, 5.41) is 2.13. The molecule has 3 heteroatoms. The molecule has 2 heterocycles. The molecule has 2 aromatic rings. The van der Waals surface area contributed by atoms with Crippen LogP contribution in [0.3, 0.4) is 0 Å². The van der Waals surface area contributed by atoms with Gasteiger partial charge in [0.05, 0.1) is 6.54 Å². The average Bonchev–Trinajstić information content (AvgIpc) is 2.92. The van der Waals surface area contributed by atoms with Crippen molar-refractivity contribution in [2.45, 2.75) is 38.3 Å². The summed E-state index contributed by atoms with van der Waals surface area (Å²) in [5.74, 6) is 0. The van der Waals surface area contributed by atoms with Crippen LogP contribution in [0.4, 0.5) is 0 Å². The molecule has 0 fully saturated rings. The normalized spacial score (nSPS) is 19.9. The van der Waals surface area contributed by atoms with Crippen molar-refractivity contribution in [2.75, 3.05) is 0 Å². The number of rotatable bonds is 2. The molecule has 0 saturated carbocycles. The molecule has 0 aromatic carbocycles. The standard InChI is InChI=1S/C14H18N2S/c15-14-6-2-1-4-11-8-16(10-13(11)14)9-12-5-3-7-17-12/h3,5,7-8,10,14H,1-2,4,6,9,15H2. The second-order valence-electron chi connectivity index (χ2n) is 4.84. The number of nitrogens with zero attached hydrogens (tertiary/aromatic N) is 1. The van der Waals surface area contributed by atoms with Crippen molar-refractivity contribution < 1.29 is 0 Å². The first-order valence-electron chi connectivity index (χ1n) is 6.29. The monoisotopic (exact) mass is 246 g/mol. The minimum absolute atomic E-state index is 0.247. The molecule has 0 saturated heterocycles. The third-order valence-electron chi connectivity index (χ3n) is 3.53. The summed E-state index contributed by atoms with van der Waals surface area (Å²) >= 11 is 1.82. The molecule has 1 aliphatic rings. The molecule has 0 bridgehead atoms. The van der Waals surface area contributed by atoms with E-state index in [9.17, 15) is 0 Å². The van der Waals surface area contributed by atoms with Crippen LogP contribution in [-0.2, 0) is 13.0 Å². The lowest BCUT2D eigenvalue weighted by atomic mass is 10.1. The lowest BCUT2D eigenvalue weighted by molar-refractivity contribution is 0.610. The van der Waals surface area contributed by atoms with Crippen molar-refractivity contribution in [2.24, 2.45) is 5.73 Å². The fourth-order valence-corrected chi connectivity index (χ4v) is 3.34. The van der Waals surface area contributed by atoms with E-state index in [0.29, 0.717) is 0 Å². The van der Waals surface area contributed by atoms with Gasteiger partial charge in [-0.25, -0.2) is 0 Å². The Bertz CT molecular complexity index is 484. The van der Waals surface area contributed by atoms with E-state index in [0.717, 1.165) is 13.0 Å². The number of fused-ring (bicyclic) bond motifs is 1. The Balaban J connectivity index is 1.86. The molecule has 0 spiro atoms. The molecule has 90 valence electrons. The summed E-state index contributed by atoms with van der Waals surface area (Å²) in [5.41, 5.74) is 9.06. The van der Waals surface area contributed by atoms with Crippen molar-refractivity contribution in [1.29, 1.82) is 0 Å². The van der Waals surface area contributed by atoms with E-state index >= 15 is 0 Å². The van der Waals surface area contributed by atoms with Crippen molar-refractivity contribution in [3.8, 4) is 0 Å². The molecular weight excluding hydrogens is 228 g/mol. The highest BCUT2D eigenvalue weighted by molar-refractivity contribution is 7.09. The van der Waals surface area contributed by atoms with Crippen LogP contribution in [0.15, 0.2) is 29.9 Å². The van der Waals surface area contributed by atoms with Crippen LogP contribution in [0.1, 0.15) is 41.3 Å². The van der Waals surface area contributed by atoms with Gasteiger partial charge in [-0.2, -0.15) is 0 Å². The Labute approximate surface area is 106 Å². The van der Waals surface area contributed by atoms with Gasteiger partial charge in [0.2, 0.25) is 0 Å². The summed E-state index contributed by atoms with van der Waals surface area (Å²) in [6.07, 6.45) is 9.42. The number of thiophene rings is 1. The summed E-state index contributed by atoms with van der Waals surface area (Å²) in [4.78, 5) is 1.41. The van der Waals surface area contributed by atoms with Crippen molar-refractivity contribution in [3.63, 3.8) is 0 Å². The Kier molecular flexibility index (Phi) is 3.04. The summed E-state index contributed by atoms with van der Waals surface area (Å²) in [7, 11) is 0. The highest BCUT2D eigenvalue weighted by Crippen LogP contribution is 2.28. The highest BCUT2D eigenvalue weighted by atomic mass is 32.1. The third kappa shape index (κ3) is 2.31. The first-order chi connectivity index (χ1) is 8.33. The number of hydrogen-bond donors (Lipinski definition) is 1. The molecule has 2 N–H and O–H groups in total. The van der Waals surface area contributed by atoms with Crippen LogP contribution >= 0.6 is 11.3 Å². The van der Waals surface area contributed by atoms with Crippen molar-refractivity contribution in [3.05, 3.63) is 45.9 Å². The molecule has 17 heavy (non-hydrogen) atoms. The zero-order chi connectivity index (χ0) is 11.7. The van der Waals surface area contributed by atoms with Gasteiger partial charge in [0.1, 0.15) is 0 Å². The average molecular weight is 246 g/mol. The fraction of sp³-hybridized carbons (Fsp3) is 0.429. The molecule has 0 aliphatic heterocycles. The molecule has 1 aliphatic carbocycles. The van der Waals surface area contributed by atoms with Gasteiger partial charge in [-0.15, -0.1) is 11.3 Å². The predicted octanol–water partition coefficient (Wildman–Crippen LogP) is 3.32. The van der Waals surface area contributed by atoms with E-state index in [2.05, 4.69) is 34.5 Å². The van der Waals surface area contributed by atoms with Gasteiger partial charge in [-0.05, 0) is 41.8 Å². The zero-order valence-electron chi connectivity index (χ0n) is 9.93. The van der Waals surface area contributed by atoms with Crippen LogP contribution in [0.25, 0.3) is 0 Å². The van der Waals surface area contributed by atoms with Gasteiger partial charge < -0.3 is 10.3 Å². The second-order valence-corrected chi connectivity index (χ2v) is 5.87. The number of hydrogen-bond acceptors (Lipinski definition) is 2. The number of nitrogens with two attached hydrogens (primary N) is 1. The molecule has 0 radical (unpaired) electrons. The van der Waals surface area contributed by atoms with Gasteiger partial charge in [0.15, 0.2) is 0 Å². The molecule has 1 unspecified atom stereocenters. The Morgan fingerprint density at radius 2 is 2.29 bits per heavy atom. The Morgan fingerprint density at radius 1 is 1.35 bits per heavy atom. The van der Waals surface area contributed by atoms with Gasteiger partial charge in [0.25, 0.3) is 0 Å². The maximum absolute atomic E-state index is 6.22. The molecule has 1 atom stereocenters. The second kappa shape index (κ2) is 4.67. The molecule has 2 nitrogen and oxygen atoms in total. The smallest absolute Gasteiger partial charge is 0.0563 e.